The van der Waals surface area contributed by atoms with Gasteiger partial charge >= 0.3 is 12.1 Å². The van der Waals surface area contributed by atoms with Crippen LogP contribution < -0.4 is 0 Å². The summed E-state index contributed by atoms with van der Waals surface area (Å²) in [6.07, 6.45) is 1.89. The molecule has 7 heteroatoms. The van der Waals surface area contributed by atoms with Gasteiger partial charge in [0.05, 0.1) is 12.1 Å². The van der Waals surface area contributed by atoms with E-state index >= 15 is 0 Å². The van der Waals surface area contributed by atoms with E-state index in [4.69, 9.17) is 9.57 Å². The number of rotatable bonds is 4. The van der Waals surface area contributed by atoms with Gasteiger partial charge in [0.25, 0.3) is 0 Å². The molecular weight excluding hydrogens is 394 g/mol. The van der Waals surface area contributed by atoms with E-state index in [1.165, 1.54) is 0 Å². The van der Waals surface area contributed by atoms with E-state index in [1.54, 1.807) is 17.2 Å². The summed E-state index contributed by atoms with van der Waals surface area (Å²) >= 11 is 0. The third-order valence-electron chi connectivity index (χ3n) is 5.91. The van der Waals surface area contributed by atoms with Gasteiger partial charge in [0.1, 0.15) is 5.60 Å². The van der Waals surface area contributed by atoms with Crippen molar-refractivity contribution in [1.82, 2.24) is 14.9 Å². The van der Waals surface area contributed by atoms with Gasteiger partial charge in [0.2, 0.25) is 0 Å². The molecule has 2 heterocycles. The zero-order valence-electron chi connectivity index (χ0n) is 19.6. The third kappa shape index (κ3) is 6.68. The van der Waals surface area contributed by atoms with E-state index in [0.717, 1.165) is 39.0 Å². The highest BCUT2D eigenvalue weighted by atomic mass is 16.7. The van der Waals surface area contributed by atoms with Crippen molar-refractivity contribution in [3.8, 4) is 0 Å². The molecule has 2 aliphatic heterocycles. The molecule has 1 aromatic rings. The van der Waals surface area contributed by atoms with E-state index in [-0.39, 0.29) is 17.6 Å². The number of likely N-dealkylation sites (tertiary alicyclic amines) is 1. The first-order valence-corrected chi connectivity index (χ1v) is 11.3. The molecule has 2 saturated heterocycles. The zero-order valence-corrected chi connectivity index (χ0v) is 19.6. The summed E-state index contributed by atoms with van der Waals surface area (Å²) in [6.45, 7) is 14.6. The summed E-state index contributed by atoms with van der Waals surface area (Å²) in [4.78, 5) is 34.8. The van der Waals surface area contributed by atoms with Crippen molar-refractivity contribution in [2.24, 2.45) is 5.92 Å². The molecule has 1 aromatic carbocycles. The third-order valence-corrected chi connectivity index (χ3v) is 5.91. The molecule has 0 unspecified atom stereocenters. The summed E-state index contributed by atoms with van der Waals surface area (Å²) in [5.74, 6) is 0.101. The second-order valence-electron chi connectivity index (χ2n) is 10.3. The van der Waals surface area contributed by atoms with Crippen LogP contribution in [0.2, 0.25) is 0 Å². The number of nitrogens with zero attached hydrogens (tertiary/aromatic N) is 3. The quantitative estimate of drug-likeness (QED) is 0.723. The number of amides is 1. The molecule has 2 aliphatic rings. The minimum absolute atomic E-state index is 0.136. The normalized spacial score (nSPS) is 22.7. The van der Waals surface area contributed by atoms with Crippen molar-refractivity contribution in [1.29, 1.82) is 0 Å². The van der Waals surface area contributed by atoms with Crippen molar-refractivity contribution in [3.05, 3.63) is 35.9 Å². The lowest BCUT2D eigenvalue weighted by Gasteiger charge is -2.48. The van der Waals surface area contributed by atoms with Crippen LogP contribution in [0.5, 0.6) is 0 Å². The van der Waals surface area contributed by atoms with Crippen LogP contribution in [0.15, 0.2) is 30.3 Å². The average Bonchev–Trinajstić information content (AvgIpc) is 2.69. The number of hydrogen-bond acceptors (Lipinski definition) is 6. The second kappa shape index (κ2) is 9.57. The van der Waals surface area contributed by atoms with Crippen molar-refractivity contribution >= 4 is 12.1 Å². The summed E-state index contributed by atoms with van der Waals surface area (Å²) in [5, 5.41) is 1.78. The van der Waals surface area contributed by atoms with E-state index < -0.39 is 5.60 Å². The fourth-order valence-electron chi connectivity index (χ4n) is 4.32. The Bertz CT molecular complexity index is 760. The van der Waals surface area contributed by atoms with Crippen LogP contribution in [0.4, 0.5) is 4.79 Å². The van der Waals surface area contributed by atoms with Crippen LogP contribution >= 0.6 is 0 Å². The molecule has 0 aromatic heterocycles. The number of hydrogen-bond donors (Lipinski definition) is 0. The van der Waals surface area contributed by atoms with Crippen LogP contribution in [0.1, 0.15) is 57.8 Å². The standard InChI is InChI=1S/C24H37N3O4/c1-23(2,3)30-22(29)25-13-9-10-19(16-25)17-26-14-15-27(18-24(26,4)5)31-21(28)20-11-7-6-8-12-20/h6-8,11-12,19H,9-10,13-18H2,1-5H3/t19-/m0/s1. The number of ether oxygens (including phenoxy) is 1. The maximum Gasteiger partial charge on any atom is 0.410 e. The Morgan fingerprint density at radius 2 is 1.81 bits per heavy atom. The molecular formula is C24H37N3O4. The van der Waals surface area contributed by atoms with E-state index in [2.05, 4.69) is 18.7 Å². The Balaban J connectivity index is 1.52. The molecule has 0 spiro atoms. The fourth-order valence-corrected chi connectivity index (χ4v) is 4.32. The molecule has 2 fully saturated rings. The Labute approximate surface area is 186 Å². The summed E-state index contributed by atoms with van der Waals surface area (Å²) < 4.78 is 5.56. The smallest absolute Gasteiger partial charge is 0.410 e. The molecule has 3 rings (SSSR count). The number of benzene rings is 1. The number of carbonyl (C=O) groups is 2. The van der Waals surface area contributed by atoms with Gasteiger partial charge in [-0.3, -0.25) is 4.90 Å². The molecule has 1 amide bonds. The van der Waals surface area contributed by atoms with Crippen LogP contribution in [-0.4, -0.2) is 77.3 Å². The Hall–Kier alpha value is -2.12. The lowest BCUT2D eigenvalue weighted by Crippen LogP contribution is -2.61. The van der Waals surface area contributed by atoms with E-state index in [9.17, 15) is 9.59 Å². The van der Waals surface area contributed by atoms with Gasteiger partial charge in [-0.1, -0.05) is 18.2 Å². The predicted molar refractivity (Wildman–Crippen MR) is 120 cm³/mol. The minimum Gasteiger partial charge on any atom is -0.444 e. The van der Waals surface area contributed by atoms with Crippen LogP contribution in [0.25, 0.3) is 0 Å². The number of carbonyl (C=O) groups excluding carboxylic acids is 2. The van der Waals surface area contributed by atoms with Gasteiger partial charge in [-0.05, 0) is 65.5 Å². The SMILES string of the molecule is CC(C)(C)OC(=O)N1CCC[C@H](CN2CCN(OC(=O)c3ccccc3)CC2(C)C)C1. The Morgan fingerprint density at radius 1 is 1.10 bits per heavy atom. The van der Waals surface area contributed by atoms with Gasteiger partial charge in [-0.15, -0.1) is 5.06 Å². The lowest BCUT2D eigenvalue weighted by atomic mass is 9.93. The highest BCUT2D eigenvalue weighted by molar-refractivity contribution is 5.89. The lowest BCUT2D eigenvalue weighted by molar-refractivity contribution is -0.161. The highest BCUT2D eigenvalue weighted by Gasteiger charge is 2.38. The van der Waals surface area contributed by atoms with E-state index in [0.29, 0.717) is 24.6 Å². The fraction of sp³-hybridized carbons (Fsp3) is 0.667. The molecule has 0 N–H and O–H groups in total. The number of piperidine rings is 1. The predicted octanol–water partition coefficient (Wildman–Crippen LogP) is 3.80. The van der Waals surface area contributed by atoms with Gasteiger partial charge in [0.15, 0.2) is 0 Å². The van der Waals surface area contributed by atoms with Crippen molar-refractivity contribution in [2.45, 2.75) is 58.6 Å². The highest BCUT2D eigenvalue weighted by Crippen LogP contribution is 2.26. The first-order valence-electron chi connectivity index (χ1n) is 11.3. The molecule has 0 saturated carbocycles. The molecule has 7 nitrogen and oxygen atoms in total. The molecule has 0 aliphatic carbocycles. The second-order valence-corrected chi connectivity index (χ2v) is 10.3. The van der Waals surface area contributed by atoms with Gasteiger partial charge in [-0.2, -0.15) is 0 Å². The average molecular weight is 432 g/mol. The van der Waals surface area contributed by atoms with Crippen molar-refractivity contribution < 1.29 is 19.2 Å². The topological polar surface area (TPSA) is 62.3 Å². The van der Waals surface area contributed by atoms with Gasteiger partial charge in [0, 0.05) is 38.3 Å². The maximum atomic E-state index is 12.5. The molecule has 172 valence electrons. The number of hydroxylamine groups is 2. The van der Waals surface area contributed by atoms with Gasteiger partial charge in [-0.25, -0.2) is 9.59 Å². The molecule has 31 heavy (non-hydrogen) atoms. The summed E-state index contributed by atoms with van der Waals surface area (Å²) in [7, 11) is 0. The molecule has 0 bridgehead atoms. The van der Waals surface area contributed by atoms with Crippen LogP contribution in [0.3, 0.4) is 0 Å². The van der Waals surface area contributed by atoms with Crippen LogP contribution in [-0.2, 0) is 9.57 Å². The Kier molecular flexibility index (Phi) is 7.27. The first kappa shape index (κ1) is 23.5. The van der Waals surface area contributed by atoms with E-state index in [1.807, 2.05) is 43.9 Å². The van der Waals surface area contributed by atoms with Crippen molar-refractivity contribution in [2.75, 3.05) is 39.3 Å². The largest absolute Gasteiger partial charge is 0.444 e. The zero-order chi connectivity index (χ0) is 22.6. The summed E-state index contributed by atoms with van der Waals surface area (Å²) in [6, 6.07) is 9.09. The first-order chi connectivity index (χ1) is 14.5. The summed E-state index contributed by atoms with van der Waals surface area (Å²) in [5.41, 5.74) is -0.0460. The molecule has 0 radical (unpaired) electrons. The van der Waals surface area contributed by atoms with Crippen LogP contribution in [0, 0.1) is 5.92 Å². The monoisotopic (exact) mass is 431 g/mol. The molecule has 1 atom stereocenters. The maximum absolute atomic E-state index is 12.5. The minimum atomic E-state index is -0.473. The van der Waals surface area contributed by atoms with Crippen molar-refractivity contribution in [3.63, 3.8) is 0 Å². The number of piperazine rings is 1. The van der Waals surface area contributed by atoms with Gasteiger partial charge < -0.3 is 14.5 Å². The Morgan fingerprint density at radius 3 is 2.45 bits per heavy atom.